The Morgan fingerprint density at radius 3 is 1.55 bits per heavy atom. The molecule has 595 valence electrons. The Morgan fingerprint density at radius 2 is 1.13 bits per heavy atom. The molecule has 4 aromatic rings. The normalized spacial score (nSPS) is 27.1. The predicted molar refractivity (Wildman–Crippen MR) is 425 cm³/mol. The Labute approximate surface area is 649 Å². The number of aromatic carboxylic acids is 1. The number of rotatable bonds is 28. The second-order valence-electron chi connectivity index (χ2n) is 33.3. The number of methoxy groups -OCH3 is 2. The van der Waals surface area contributed by atoms with E-state index in [0.717, 1.165) is 70.7 Å². The van der Waals surface area contributed by atoms with Crippen molar-refractivity contribution in [3.8, 4) is 28.4 Å². The minimum Gasteiger partial charge on any atom is -0.537 e. The second kappa shape index (κ2) is 38.8. The highest BCUT2D eigenvalue weighted by Gasteiger charge is 2.59. The zero-order chi connectivity index (χ0) is 79.4. The molecule has 2 heterocycles. The molecule has 4 aromatic carbocycles. The number of carbonyl (C=O) groups is 4. The average molecular weight is 1600 g/mol. The lowest BCUT2D eigenvalue weighted by Gasteiger charge is -2.62. The fourth-order valence-corrected chi connectivity index (χ4v) is 18.6. The van der Waals surface area contributed by atoms with Crippen molar-refractivity contribution in [3.63, 3.8) is 0 Å². The van der Waals surface area contributed by atoms with E-state index >= 15 is 0 Å². The van der Waals surface area contributed by atoms with Crippen molar-refractivity contribution in [2.24, 2.45) is 75.7 Å². The number of carboxylic acids is 1. The van der Waals surface area contributed by atoms with Crippen LogP contribution in [0.1, 0.15) is 153 Å². The Bertz CT molecular complexity index is 3570. The first kappa shape index (κ1) is 88.3. The number of nitrogens with zero attached hydrogens (tertiary/aromatic N) is 4. The molecule has 4 bridgehead atoms. The number of hydroxylamine groups is 4. The smallest absolute Gasteiger partial charge is 0.537 e. The van der Waals surface area contributed by atoms with Crippen LogP contribution in [0.3, 0.4) is 0 Å². The Kier molecular flexibility index (Phi) is 32.0. The third kappa shape index (κ3) is 22.0. The molecule has 0 aromatic heterocycles. The summed E-state index contributed by atoms with van der Waals surface area (Å²) in [4.78, 5) is 68.4. The molecule has 6 aliphatic carbocycles. The van der Waals surface area contributed by atoms with Crippen molar-refractivity contribution in [2.75, 3.05) is 80.2 Å². The lowest BCUT2D eigenvalue weighted by Crippen LogP contribution is -2.62. The monoisotopic (exact) mass is 1600 g/mol. The van der Waals surface area contributed by atoms with Gasteiger partial charge in [-0.3, -0.25) is 24.1 Å². The number of likely N-dealkylation sites (N-methyl/N-ethyl adjacent to an activating group) is 2. The van der Waals surface area contributed by atoms with Crippen LogP contribution < -0.4 is 47.3 Å². The second-order valence-corrected chi connectivity index (χ2v) is 34.4. The van der Waals surface area contributed by atoms with E-state index in [4.69, 9.17) is 46.5 Å². The van der Waals surface area contributed by atoms with Gasteiger partial charge in [-0.2, -0.15) is 10.1 Å². The number of nitrogen functional groups attached to an aromatic ring is 2. The van der Waals surface area contributed by atoms with E-state index in [1.54, 1.807) is 44.3 Å². The average Bonchev–Trinajstić information content (AvgIpc) is 1.31. The van der Waals surface area contributed by atoms with Crippen LogP contribution in [0, 0.1) is 73.6 Å². The summed E-state index contributed by atoms with van der Waals surface area (Å²) in [6.07, 6.45) is 3.21. The molecule has 2 aliphatic heterocycles. The van der Waals surface area contributed by atoms with Gasteiger partial charge in [-0.15, -0.1) is 0 Å². The van der Waals surface area contributed by atoms with Crippen LogP contribution in [0.4, 0.5) is 11.4 Å². The minimum absolute atomic E-state index is 0.0110. The summed E-state index contributed by atoms with van der Waals surface area (Å²) in [5.74, 6) is 2.89. The van der Waals surface area contributed by atoms with Gasteiger partial charge >= 0.3 is 13.7 Å². The number of nitrogens with two attached hydrogens (primary N) is 3. The molecule has 2 saturated heterocycles. The number of para-hydroxylation sites is 2. The van der Waals surface area contributed by atoms with Gasteiger partial charge in [0.1, 0.15) is 41.5 Å². The Balaban J connectivity index is 0.000000240. The van der Waals surface area contributed by atoms with Crippen molar-refractivity contribution in [1.82, 2.24) is 35.9 Å². The molecule has 0 unspecified atom stereocenters. The molecule has 27 heteroatoms. The number of ether oxygens (including phenoxy) is 2. The molecule has 0 spiro atoms. The number of carbonyl (C=O) groups excluding carboxylic acids is 3. The first-order valence-electron chi connectivity index (χ1n) is 37.9. The minimum atomic E-state index is -1.10. The lowest BCUT2D eigenvalue weighted by atomic mass is 9.45. The summed E-state index contributed by atoms with van der Waals surface area (Å²) in [5.41, 5.74) is 22.5. The first-order chi connectivity index (χ1) is 50.3. The third-order valence-electron chi connectivity index (χ3n) is 23.3. The predicted octanol–water partition coefficient (Wildman–Crippen LogP) is 8.07. The number of hydrogen-bond acceptors (Lipinski definition) is 21. The highest BCUT2D eigenvalue weighted by molar-refractivity contribution is 14.1. The van der Waals surface area contributed by atoms with Crippen LogP contribution in [0.5, 0.6) is 17.2 Å². The van der Waals surface area contributed by atoms with Gasteiger partial charge in [0.2, 0.25) is 11.8 Å². The summed E-state index contributed by atoms with van der Waals surface area (Å²) in [5, 5.41) is 71.7. The van der Waals surface area contributed by atoms with E-state index < -0.39 is 54.3 Å². The molecule has 1 radical (unpaired) electrons. The summed E-state index contributed by atoms with van der Waals surface area (Å²) in [6, 6.07) is 19.8. The summed E-state index contributed by atoms with van der Waals surface area (Å²) in [7, 11) is 11.8. The van der Waals surface area contributed by atoms with E-state index in [-0.39, 0.29) is 78.0 Å². The van der Waals surface area contributed by atoms with Crippen molar-refractivity contribution in [3.05, 3.63) is 98.6 Å². The number of carboxylic acid groups (broad SMARTS) is 1. The number of aliphatic hydroxyl groups is 4. The molecule has 6 saturated carbocycles. The standard InChI is InChI=1S/C40H61N5O6.C25H37IN2O5.C8H20N2.C7H7BNO4/c1-22(2)13-30(20-44(7)8)42-38(48)27-14-26(15-29(41)16-27)31-12-10-11-25(37(31)50-9)19-45-36(35(24(4)47)34(21-46)51-45)39(49)43-33-18-28-17-32(23(33)3)40(28,5)6;1-13-17-9-16(25(17,3)4)10-19(13)27-24(31)22-21(14(2)30)20(12-29)33-28(22)11-15-7-6-8-18(26)23(15)32-5;1-7(2)5-8(9)6-10(3)4;9-5-1-4(7(10)11)2-6(3-5)13-8-12/h10-12,14-16,22-24,28,30,32-36,46-47H,13,17-21,41H2,1-9H3,(H,42,48)(H,43,49);6-8,13-14,16-17,19-22,29-30H,9-12H2,1-5H3,(H,27,31);7-8H,5-6,9H2,1-4H3;1-3,12H,9H2,(H,10,11)/t23-,24-,28+,30-,32-,33-,34-,35+,36-;13-,14-,16+,17-,19-,20-,21+,22-;8-;/m000./s1. The van der Waals surface area contributed by atoms with Crippen molar-refractivity contribution < 1.29 is 73.5 Å². The van der Waals surface area contributed by atoms with Gasteiger partial charge in [-0.1, -0.05) is 99.6 Å². The quantitative estimate of drug-likeness (QED) is 0.0145. The maximum Gasteiger partial charge on any atom is 0.569 e. The van der Waals surface area contributed by atoms with Gasteiger partial charge in [-0.05, 0) is 203 Å². The largest absolute Gasteiger partial charge is 0.569 e. The van der Waals surface area contributed by atoms with Crippen LogP contribution in [-0.2, 0) is 32.4 Å². The highest BCUT2D eigenvalue weighted by Crippen LogP contribution is 2.62. The number of halogens is 1. The van der Waals surface area contributed by atoms with Crippen molar-refractivity contribution >= 4 is 65.3 Å². The zero-order valence-electron chi connectivity index (χ0n) is 66.3. The van der Waals surface area contributed by atoms with E-state index in [0.29, 0.717) is 89.7 Å². The van der Waals surface area contributed by atoms with Crippen LogP contribution in [0.25, 0.3) is 11.1 Å². The van der Waals surface area contributed by atoms with Gasteiger partial charge in [0.15, 0.2) is 0 Å². The zero-order valence-corrected chi connectivity index (χ0v) is 68.5. The summed E-state index contributed by atoms with van der Waals surface area (Å²) >= 11 is 2.22. The third-order valence-corrected chi connectivity index (χ3v) is 24.1. The van der Waals surface area contributed by atoms with E-state index in [1.165, 1.54) is 31.0 Å². The molecule has 107 heavy (non-hydrogen) atoms. The summed E-state index contributed by atoms with van der Waals surface area (Å²) < 4.78 is 17.1. The molecule has 18 atom stereocenters. The van der Waals surface area contributed by atoms with Crippen LogP contribution in [0.2, 0.25) is 0 Å². The molecular formula is C80H125BIN10O15. The SMILES string of the molecule is CC(C)C[C@H](N)CN(C)C.COc1c(CN2O[C@@H](CO)[C@@H]([C@H](C)O)[C@H]2C(=O)N[C@H]2C[C@H]3C[C@@H]([C@@H]2C)C3(C)C)cccc1-c1cc(N)cc(C(=O)N[C@@H](CC(C)C)CN(C)C)c1.COc1c(I)cccc1CN1O[C@@H](CO)[C@@H]([C@H](C)O)[C@H]1C(=O)N[C@H]1C[C@H]2C[C@@H]([C@@H]1C)C2(C)C.Nc1cc(O[B]O)cc(C(=O)O)c1. The number of benzene rings is 4. The fourth-order valence-electron chi connectivity index (χ4n) is 17.8. The number of amides is 3. The molecule has 25 nitrogen and oxygen atoms in total. The van der Waals surface area contributed by atoms with Crippen LogP contribution in [-0.4, -0.2) is 211 Å². The summed E-state index contributed by atoms with van der Waals surface area (Å²) in [6.45, 7) is 27.4. The van der Waals surface area contributed by atoms with Gasteiger partial charge in [0, 0.05) is 88.8 Å². The Morgan fingerprint density at radius 1 is 0.664 bits per heavy atom. The molecule has 8 fully saturated rings. The maximum atomic E-state index is 14.2. The van der Waals surface area contributed by atoms with Gasteiger partial charge < -0.3 is 87.6 Å². The molecular weight excluding hydrogens is 1480 g/mol. The van der Waals surface area contributed by atoms with E-state index in [2.05, 4.69) is 136 Å². The van der Waals surface area contributed by atoms with Gasteiger partial charge in [0.25, 0.3) is 5.91 Å². The van der Waals surface area contributed by atoms with E-state index in [9.17, 15) is 39.6 Å². The molecule has 15 N–H and O–H groups in total. The molecule has 12 rings (SSSR count). The number of aliphatic hydroxyl groups excluding tert-OH is 4. The van der Waals surface area contributed by atoms with Crippen molar-refractivity contribution in [1.29, 1.82) is 0 Å². The first-order valence-corrected chi connectivity index (χ1v) is 38.9. The maximum absolute atomic E-state index is 14.2. The topological polar surface area (TPSA) is 363 Å². The van der Waals surface area contributed by atoms with Crippen molar-refractivity contribution in [2.45, 2.75) is 195 Å². The van der Waals surface area contributed by atoms with Crippen LogP contribution >= 0.6 is 22.6 Å². The lowest BCUT2D eigenvalue weighted by molar-refractivity contribution is -0.183. The fraction of sp³-hybridized carbons (Fsp3) is 0.650. The number of hydrogen-bond donors (Lipinski definition) is 12. The molecule has 3 amide bonds. The number of fused-ring (bicyclic) bond motifs is 4. The van der Waals surface area contributed by atoms with Gasteiger partial charge in [0.05, 0.1) is 61.9 Å². The Hall–Kier alpha value is -5.93. The van der Waals surface area contributed by atoms with Gasteiger partial charge in [-0.25, -0.2) is 4.79 Å². The van der Waals surface area contributed by atoms with E-state index in [1.807, 2.05) is 62.6 Å². The number of anilines is 2. The van der Waals surface area contributed by atoms with Crippen LogP contribution in [0.15, 0.2) is 72.8 Å². The highest BCUT2D eigenvalue weighted by atomic mass is 127. The molecule has 8 aliphatic rings. The number of nitrogens with one attached hydrogen (secondary N) is 3.